The standard InChI is InChI=1S/C25H28F2N4O3.C20H20F2N4O/c1-5-31-18(14-21(30-31)17-8-10-28-11-9-17)15-23(32)22(29-24(33)34-25(2,3)4)13-16-6-7-19(26)20(27)12-16;1-2-26-15(11-19(25-26)14-5-7-24-8-6-14)12-20(27)18(23)10-13-3-4-16(21)17(22)9-13/h6-12,14,22H,5,13,15H2,1-4H3,(H,29,33);3-9,11,18H,2,10,12,23H2,1H3/t22-;18-/m00/s1. The Bertz CT molecular complexity index is 2430. The second kappa shape index (κ2) is 20.6. The Kier molecular flexibility index (Phi) is 15.4. The van der Waals surface area contributed by atoms with Crippen LogP contribution in [0.2, 0.25) is 0 Å². The van der Waals surface area contributed by atoms with Crippen LogP contribution in [0.5, 0.6) is 0 Å². The minimum absolute atomic E-state index is 0.0178. The van der Waals surface area contributed by atoms with E-state index in [-0.39, 0.29) is 37.2 Å². The van der Waals surface area contributed by atoms with Gasteiger partial charge in [0.1, 0.15) is 5.60 Å². The van der Waals surface area contributed by atoms with Crippen LogP contribution in [-0.2, 0) is 53.1 Å². The van der Waals surface area contributed by atoms with Crippen molar-refractivity contribution in [3.8, 4) is 22.5 Å². The molecule has 0 unspecified atom stereocenters. The second-order valence-electron chi connectivity index (χ2n) is 15.1. The molecule has 4 heterocycles. The summed E-state index contributed by atoms with van der Waals surface area (Å²) in [6.07, 6.45) is 6.15. The molecule has 2 aromatic carbocycles. The SMILES string of the molecule is CCn1nc(-c2ccncc2)cc1CC(=O)[C@@H](N)Cc1ccc(F)c(F)c1.CCn1nc(-c2ccncc2)cc1CC(=O)[C@H](Cc1ccc(F)c(F)c1)NC(=O)OC(C)(C)C. The predicted molar refractivity (Wildman–Crippen MR) is 221 cm³/mol. The Morgan fingerprint density at radius 1 is 0.656 bits per heavy atom. The lowest BCUT2D eigenvalue weighted by molar-refractivity contribution is -0.121. The highest BCUT2D eigenvalue weighted by Gasteiger charge is 2.27. The van der Waals surface area contributed by atoms with Crippen molar-refractivity contribution < 1.29 is 36.7 Å². The number of alkyl carbamates (subject to hydrolysis) is 1. The fourth-order valence-corrected chi connectivity index (χ4v) is 6.31. The van der Waals surface area contributed by atoms with Crippen molar-refractivity contribution in [3.63, 3.8) is 0 Å². The van der Waals surface area contributed by atoms with Gasteiger partial charge >= 0.3 is 6.09 Å². The number of hydrogen-bond donors (Lipinski definition) is 2. The van der Waals surface area contributed by atoms with Gasteiger partial charge in [-0.3, -0.25) is 28.9 Å². The number of ether oxygens (including phenoxy) is 1. The van der Waals surface area contributed by atoms with Gasteiger partial charge in [-0.2, -0.15) is 10.2 Å². The van der Waals surface area contributed by atoms with Gasteiger partial charge in [0.25, 0.3) is 0 Å². The molecule has 16 heteroatoms. The molecular formula is C45H48F4N8O4. The number of amides is 1. The average molecular weight is 841 g/mol. The Morgan fingerprint density at radius 2 is 1.10 bits per heavy atom. The summed E-state index contributed by atoms with van der Waals surface area (Å²) in [6, 6.07) is 16.1. The number of pyridine rings is 2. The van der Waals surface area contributed by atoms with Gasteiger partial charge in [0.15, 0.2) is 34.8 Å². The minimum Gasteiger partial charge on any atom is -0.444 e. The summed E-state index contributed by atoms with van der Waals surface area (Å²) in [5.41, 5.74) is 10.7. The smallest absolute Gasteiger partial charge is 0.408 e. The Balaban J connectivity index is 0.000000237. The number of benzene rings is 2. The molecule has 0 bridgehead atoms. The quantitative estimate of drug-likeness (QED) is 0.100. The maximum absolute atomic E-state index is 13.7. The van der Waals surface area contributed by atoms with Crippen LogP contribution in [0.1, 0.15) is 57.1 Å². The monoisotopic (exact) mass is 840 g/mol. The van der Waals surface area contributed by atoms with Gasteiger partial charge in [0.2, 0.25) is 0 Å². The first-order valence-corrected chi connectivity index (χ1v) is 19.7. The minimum atomic E-state index is -1.02. The second-order valence-corrected chi connectivity index (χ2v) is 15.1. The number of hydrogen-bond acceptors (Lipinski definition) is 9. The van der Waals surface area contributed by atoms with Crippen LogP contribution in [0.25, 0.3) is 22.5 Å². The van der Waals surface area contributed by atoms with Crippen LogP contribution in [0.4, 0.5) is 22.4 Å². The van der Waals surface area contributed by atoms with E-state index in [0.29, 0.717) is 35.6 Å². The molecular weight excluding hydrogens is 793 g/mol. The molecule has 6 rings (SSSR count). The van der Waals surface area contributed by atoms with E-state index < -0.39 is 47.0 Å². The molecule has 2 atom stereocenters. The lowest BCUT2D eigenvalue weighted by Gasteiger charge is -2.23. The number of Topliss-reactive ketones (excluding diaryl/α,β-unsaturated/α-hetero) is 2. The largest absolute Gasteiger partial charge is 0.444 e. The number of halogens is 4. The molecule has 6 aromatic rings. The lowest BCUT2D eigenvalue weighted by Crippen LogP contribution is -2.45. The summed E-state index contributed by atoms with van der Waals surface area (Å²) < 4.78 is 62.2. The summed E-state index contributed by atoms with van der Waals surface area (Å²) in [6.45, 7) is 10.1. The van der Waals surface area contributed by atoms with Gasteiger partial charge in [-0.05, 0) is 119 Å². The van der Waals surface area contributed by atoms with Crippen molar-refractivity contribution in [1.82, 2.24) is 34.8 Å². The van der Waals surface area contributed by atoms with Crippen molar-refractivity contribution in [3.05, 3.63) is 143 Å². The summed E-state index contributed by atoms with van der Waals surface area (Å²) in [5, 5.41) is 11.7. The zero-order valence-electron chi connectivity index (χ0n) is 34.5. The van der Waals surface area contributed by atoms with E-state index in [1.165, 1.54) is 12.1 Å². The van der Waals surface area contributed by atoms with Crippen molar-refractivity contribution in [2.24, 2.45) is 5.73 Å². The zero-order chi connectivity index (χ0) is 44.3. The van der Waals surface area contributed by atoms with Gasteiger partial charge < -0.3 is 15.8 Å². The number of carbonyl (C=O) groups is 3. The molecule has 0 spiro atoms. The van der Waals surface area contributed by atoms with Crippen molar-refractivity contribution in [2.75, 3.05) is 0 Å². The van der Waals surface area contributed by atoms with Crippen LogP contribution in [0.3, 0.4) is 0 Å². The Morgan fingerprint density at radius 3 is 1.52 bits per heavy atom. The van der Waals surface area contributed by atoms with Crippen LogP contribution in [0, 0.1) is 23.3 Å². The third kappa shape index (κ3) is 13.0. The average Bonchev–Trinajstić information content (AvgIpc) is 3.84. The molecule has 12 nitrogen and oxygen atoms in total. The van der Waals surface area contributed by atoms with Gasteiger partial charge in [-0.1, -0.05) is 12.1 Å². The van der Waals surface area contributed by atoms with Crippen molar-refractivity contribution in [1.29, 1.82) is 0 Å². The molecule has 0 aliphatic heterocycles. The van der Waals surface area contributed by atoms with Crippen LogP contribution >= 0.6 is 0 Å². The number of nitrogens with zero attached hydrogens (tertiary/aromatic N) is 6. The first-order valence-electron chi connectivity index (χ1n) is 19.7. The van der Waals surface area contributed by atoms with E-state index in [2.05, 4.69) is 25.5 Å². The lowest BCUT2D eigenvalue weighted by atomic mass is 9.99. The highest BCUT2D eigenvalue weighted by atomic mass is 19.2. The van der Waals surface area contributed by atoms with Crippen molar-refractivity contribution in [2.45, 2.75) is 91.1 Å². The first kappa shape index (κ1) is 45.5. The summed E-state index contributed by atoms with van der Waals surface area (Å²) >= 11 is 0. The number of nitrogens with two attached hydrogens (primary N) is 1. The highest BCUT2D eigenvalue weighted by Crippen LogP contribution is 2.22. The third-order valence-electron chi connectivity index (χ3n) is 9.35. The Labute approximate surface area is 351 Å². The molecule has 0 fully saturated rings. The number of nitrogens with one attached hydrogen (secondary N) is 1. The summed E-state index contributed by atoms with van der Waals surface area (Å²) in [4.78, 5) is 46.2. The van der Waals surface area contributed by atoms with Crippen LogP contribution < -0.4 is 11.1 Å². The molecule has 0 saturated carbocycles. The predicted octanol–water partition coefficient (Wildman–Crippen LogP) is 7.42. The molecule has 0 aliphatic carbocycles. The topological polar surface area (TPSA) is 160 Å². The number of carbonyl (C=O) groups excluding carboxylic acids is 3. The number of ketones is 2. The molecule has 1 amide bonds. The number of aryl methyl sites for hydroxylation is 2. The van der Waals surface area contributed by atoms with Gasteiger partial charge in [0.05, 0.1) is 36.3 Å². The van der Waals surface area contributed by atoms with E-state index in [0.717, 1.165) is 46.8 Å². The normalized spacial score (nSPS) is 12.2. The molecule has 0 aliphatic rings. The van der Waals surface area contributed by atoms with E-state index in [1.54, 1.807) is 54.9 Å². The van der Waals surface area contributed by atoms with E-state index in [9.17, 15) is 31.9 Å². The summed E-state index contributed by atoms with van der Waals surface area (Å²) in [5.74, 6) is -4.37. The van der Waals surface area contributed by atoms with Crippen LogP contribution in [0.15, 0.2) is 97.6 Å². The fourth-order valence-electron chi connectivity index (χ4n) is 6.31. The third-order valence-corrected chi connectivity index (χ3v) is 9.35. The first-order chi connectivity index (χ1) is 29.0. The van der Waals surface area contributed by atoms with Gasteiger partial charge in [0, 0.05) is 60.4 Å². The molecule has 3 N–H and O–H groups in total. The molecule has 4 aromatic heterocycles. The van der Waals surface area contributed by atoms with Crippen LogP contribution in [-0.4, -0.2) is 64.9 Å². The molecule has 0 saturated heterocycles. The van der Waals surface area contributed by atoms with Crippen molar-refractivity contribution >= 4 is 17.7 Å². The van der Waals surface area contributed by atoms with E-state index in [1.807, 2.05) is 50.2 Å². The maximum atomic E-state index is 13.7. The maximum Gasteiger partial charge on any atom is 0.408 e. The molecule has 320 valence electrons. The van der Waals surface area contributed by atoms with Gasteiger partial charge in [-0.25, -0.2) is 22.4 Å². The highest BCUT2D eigenvalue weighted by molar-refractivity contribution is 5.89. The Hall–Kier alpha value is -6.55. The zero-order valence-corrected chi connectivity index (χ0v) is 34.5. The molecule has 0 radical (unpaired) electrons. The van der Waals surface area contributed by atoms with E-state index >= 15 is 0 Å². The summed E-state index contributed by atoms with van der Waals surface area (Å²) in [7, 11) is 0. The number of rotatable bonds is 15. The number of aromatic nitrogens is 6. The molecule has 61 heavy (non-hydrogen) atoms. The fraction of sp³-hybridized carbons (Fsp3) is 0.311. The van der Waals surface area contributed by atoms with Gasteiger partial charge in [-0.15, -0.1) is 0 Å². The van der Waals surface area contributed by atoms with E-state index in [4.69, 9.17) is 10.5 Å².